The number of Topliss-reactive ketones (excluding diaryl/α,β-unsaturated/α-hetero) is 1. The predicted octanol–water partition coefficient (Wildman–Crippen LogP) is 3.81. The monoisotopic (exact) mass is 453 g/mol. The number of hydrogen-bond donors (Lipinski definition) is 3. The molecule has 3 N–H and O–H groups in total. The molecule has 4 atom stereocenters. The summed E-state index contributed by atoms with van der Waals surface area (Å²) in [6.45, 7) is 6.96. The van der Waals surface area contributed by atoms with Gasteiger partial charge in [0, 0.05) is 36.6 Å². The van der Waals surface area contributed by atoms with Crippen LogP contribution in [0.2, 0.25) is 0 Å². The third-order valence-electron chi connectivity index (χ3n) is 5.61. The highest BCUT2D eigenvalue weighted by Gasteiger charge is 2.39. The van der Waals surface area contributed by atoms with Crippen molar-refractivity contribution in [1.82, 2.24) is 5.32 Å². The molecular formula is C24H36ClNO5. The number of carbonyl (C=O) groups excluding carboxylic acids is 3. The van der Waals surface area contributed by atoms with Crippen LogP contribution in [0, 0.1) is 17.3 Å². The molecule has 0 heterocycles. The molecule has 1 saturated carbocycles. The SMILES string of the molecule is CC(=O)NC(=O)CCC/C=C\C[C@H]1C(=O)C[C@@H](O)[C@@H]1/C=C/[C@H](O)C(C)(C)C/C=C(/C)Cl. The lowest BCUT2D eigenvalue weighted by atomic mass is 9.81. The number of nitrogens with one attached hydrogen (secondary N) is 1. The summed E-state index contributed by atoms with van der Waals surface area (Å²) in [5, 5.41) is 23.8. The van der Waals surface area contributed by atoms with E-state index >= 15 is 0 Å². The van der Waals surface area contributed by atoms with Gasteiger partial charge in [0.05, 0.1) is 12.2 Å². The summed E-state index contributed by atoms with van der Waals surface area (Å²) < 4.78 is 0. The molecule has 174 valence electrons. The van der Waals surface area contributed by atoms with Crippen molar-refractivity contribution in [1.29, 1.82) is 0 Å². The van der Waals surface area contributed by atoms with E-state index in [-0.39, 0.29) is 42.3 Å². The summed E-state index contributed by atoms with van der Waals surface area (Å²) >= 11 is 5.89. The van der Waals surface area contributed by atoms with E-state index in [4.69, 9.17) is 11.6 Å². The molecule has 7 heteroatoms. The van der Waals surface area contributed by atoms with Crippen molar-refractivity contribution in [3.8, 4) is 0 Å². The minimum absolute atomic E-state index is 0.0158. The van der Waals surface area contributed by atoms with Crippen LogP contribution in [0.15, 0.2) is 35.4 Å². The molecule has 0 bridgehead atoms. The van der Waals surface area contributed by atoms with Gasteiger partial charge in [-0.15, -0.1) is 0 Å². The molecule has 6 nitrogen and oxygen atoms in total. The highest BCUT2D eigenvalue weighted by molar-refractivity contribution is 6.29. The standard InChI is InChI=1S/C24H36ClNO5/c1-16(25)13-14-24(3,4)22(30)12-11-19-18(20(28)15-21(19)29)9-7-5-6-8-10-23(31)26-17(2)27/h5,7,11-13,18-19,21-22,29-30H,6,8-10,14-15H2,1-4H3,(H,26,27,31)/b7-5-,12-11+,16-13-/t18-,19-,21-,22+/m1/s1. The topological polar surface area (TPSA) is 104 Å². The Balaban J connectivity index is 2.61. The number of halogens is 1. The zero-order valence-corrected chi connectivity index (χ0v) is 19.7. The maximum atomic E-state index is 12.3. The molecule has 0 saturated heterocycles. The van der Waals surface area contributed by atoms with Gasteiger partial charge in [0.1, 0.15) is 5.78 Å². The summed E-state index contributed by atoms with van der Waals surface area (Å²) in [6, 6.07) is 0. The molecule has 0 radical (unpaired) electrons. The third-order valence-corrected chi connectivity index (χ3v) is 5.76. The van der Waals surface area contributed by atoms with Crippen LogP contribution >= 0.6 is 11.6 Å². The second-order valence-corrected chi connectivity index (χ2v) is 9.53. The van der Waals surface area contributed by atoms with Gasteiger partial charge in [-0.3, -0.25) is 19.7 Å². The number of imide groups is 1. The normalized spacial score (nSPS) is 23.6. The van der Waals surface area contributed by atoms with Gasteiger partial charge in [-0.05, 0) is 38.0 Å². The first-order chi connectivity index (χ1) is 14.4. The number of allylic oxidation sites excluding steroid dienone is 4. The van der Waals surface area contributed by atoms with E-state index in [1.807, 2.05) is 32.1 Å². The Morgan fingerprint density at radius 1 is 1.29 bits per heavy atom. The van der Waals surface area contributed by atoms with Crippen LogP contribution in [0.3, 0.4) is 0 Å². The Morgan fingerprint density at radius 2 is 1.97 bits per heavy atom. The van der Waals surface area contributed by atoms with Gasteiger partial charge in [0.15, 0.2) is 0 Å². The van der Waals surface area contributed by atoms with E-state index < -0.39 is 17.6 Å². The van der Waals surface area contributed by atoms with Gasteiger partial charge in [-0.1, -0.05) is 55.8 Å². The number of hydrogen-bond acceptors (Lipinski definition) is 5. The Kier molecular flexibility index (Phi) is 11.4. The Bertz CT molecular complexity index is 721. The number of unbranched alkanes of at least 4 members (excludes halogenated alkanes) is 1. The first-order valence-corrected chi connectivity index (χ1v) is 11.2. The van der Waals surface area contributed by atoms with Crippen LogP contribution in [0.1, 0.15) is 66.2 Å². The van der Waals surface area contributed by atoms with Crippen LogP contribution in [-0.2, 0) is 14.4 Å². The highest BCUT2D eigenvalue weighted by atomic mass is 35.5. The maximum absolute atomic E-state index is 12.3. The fraction of sp³-hybridized carbons (Fsp3) is 0.625. The van der Waals surface area contributed by atoms with Crippen LogP contribution in [0.5, 0.6) is 0 Å². The van der Waals surface area contributed by atoms with Crippen molar-refractivity contribution in [3.05, 3.63) is 35.4 Å². The van der Waals surface area contributed by atoms with Crippen molar-refractivity contribution >= 4 is 29.2 Å². The summed E-state index contributed by atoms with van der Waals surface area (Å²) in [5.41, 5.74) is -0.426. The molecule has 31 heavy (non-hydrogen) atoms. The van der Waals surface area contributed by atoms with Crippen molar-refractivity contribution < 1.29 is 24.6 Å². The quantitative estimate of drug-likeness (QED) is 0.326. The molecule has 1 fully saturated rings. The van der Waals surface area contributed by atoms with E-state index in [1.165, 1.54) is 6.92 Å². The molecule has 0 aromatic heterocycles. The molecule has 0 aromatic carbocycles. The van der Waals surface area contributed by atoms with Crippen LogP contribution in [-0.4, -0.2) is 40.0 Å². The molecule has 1 rings (SSSR count). The third kappa shape index (κ3) is 9.93. The van der Waals surface area contributed by atoms with Gasteiger partial charge in [0.25, 0.3) is 0 Å². The van der Waals surface area contributed by atoms with E-state index in [0.29, 0.717) is 30.7 Å². The lowest BCUT2D eigenvalue weighted by Gasteiger charge is -2.28. The molecule has 0 spiro atoms. The maximum Gasteiger partial charge on any atom is 0.226 e. The first kappa shape index (κ1) is 27.3. The number of amides is 2. The van der Waals surface area contributed by atoms with Gasteiger partial charge < -0.3 is 10.2 Å². The van der Waals surface area contributed by atoms with Crippen molar-refractivity contribution in [2.24, 2.45) is 17.3 Å². The van der Waals surface area contributed by atoms with Gasteiger partial charge in [0.2, 0.25) is 11.8 Å². The second-order valence-electron chi connectivity index (χ2n) is 8.94. The Hall–Kier alpha value is -1.76. The zero-order valence-electron chi connectivity index (χ0n) is 18.9. The highest BCUT2D eigenvalue weighted by Crippen LogP contribution is 2.35. The second kappa shape index (κ2) is 12.9. The number of aliphatic hydroxyl groups excluding tert-OH is 2. The first-order valence-electron chi connectivity index (χ1n) is 10.8. The lowest BCUT2D eigenvalue weighted by Crippen LogP contribution is -2.28. The largest absolute Gasteiger partial charge is 0.392 e. The van der Waals surface area contributed by atoms with Crippen LogP contribution in [0.4, 0.5) is 0 Å². The molecule has 0 aliphatic heterocycles. The average molecular weight is 454 g/mol. The van der Waals surface area contributed by atoms with Crippen LogP contribution in [0.25, 0.3) is 0 Å². The summed E-state index contributed by atoms with van der Waals surface area (Å²) in [6.07, 6.45) is 10.4. The fourth-order valence-corrected chi connectivity index (χ4v) is 3.62. The minimum atomic E-state index is -0.752. The summed E-state index contributed by atoms with van der Waals surface area (Å²) in [7, 11) is 0. The van der Waals surface area contributed by atoms with E-state index in [0.717, 1.165) is 0 Å². The molecule has 1 aliphatic carbocycles. The molecule has 2 amide bonds. The average Bonchev–Trinajstić information content (AvgIpc) is 2.92. The van der Waals surface area contributed by atoms with E-state index in [9.17, 15) is 24.6 Å². The number of rotatable bonds is 11. The van der Waals surface area contributed by atoms with Gasteiger partial charge in [-0.25, -0.2) is 0 Å². The van der Waals surface area contributed by atoms with Crippen molar-refractivity contribution in [2.75, 3.05) is 0 Å². The molecule has 1 aliphatic rings. The minimum Gasteiger partial charge on any atom is -0.392 e. The van der Waals surface area contributed by atoms with Gasteiger partial charge in [-0.2, -0.15) is 0 Å². The van der Waals surface area contributed by atoms with E-state index in [2.05, 4.69) is 5.32 Å². The smallest absolute Gasteiger partial charge is 0.226 e. The predicted molar refractivity (Wildman–Crippen MR) is 122 cm³/mol. The molecule has 0 unspecified atom stereocenters. The molecular weight excluding hydrogens is 418 g/mol. The zero-order chi connectivity index (χ0) is 23.6. The number of ketones is 1. The van der Waals surface area contributed by atoms with Crippen molar-refractivity contribution in [2.45, 2.75) is 78.4 Å². The Morgan fingerprint density at radius 3 is 2.58 bits per heavy atom. The Labute approximate surface area is 190 Å². The van der Waals surface area contributed by atoms with Crippen LogP contribution < -0.4 is 5.32 Å². The van der Waals surface area contributed by atoms with Gasteiger partial charge >= 0.3 is 0 Å². The summed E-state index contributed by atoms with van der Waals surface area (Å²) in [4.78, 5) is 34.6. The summed E-state index contributed by atoms with van der Waals surface area (Å²) in [5.74, 6) is -1.31. The van der Waals surface area contributed by atoms with Crippen molar-refractivity contribution in [3.63, 3.8) is 0 Å². The fourth-order valence-electron chi connectivity index (χ4n) is 3.55. The van der Waals surface area contributed by atoms with E-state index in [1.54, 1.807) is 19.1 Å². The molecule has 0 aromatic rings. The lowest BCUT2D eigenvalue weighted by molar-refractivity contribution is -0.129. The number of aliphatic hydroxyl groups is 2. The number of carbonyl (C=O) groups is 3.